The number of H-pyrrole nitrogens is 1. The Kier molecular flexibility index (Phi) is 3.24. The molecule has 0 spiro atoms. The van der Waals surface area contributed by atoms with Crippen molar-refractivity contribution in [2.75, 3.05) is 5.32 Å². The van der Waals surface area contributed by atoms with Gasteiger partial charge in [0.1, 0.15) is 6.17 Å². The molecule has 6 nitrogen and oxygen atoms in total. The van der Waals surface area contributed by atoms with Crippen molar-refractivity contribution in [1.29, 1.82) is 0 Å². The fourth-order valence-electron chi connectivity index (χ4n) is 2.64. The van der Waals surface area contributed by atoms with Gasteiger partial charge in [-0.25, -0.2) is 0 Å². The summed E-state index contributed by atoms with van der Waals surface area (Å²) in [5.41, 5.74) is 3.82. The second-order valence-corrected chi connectivity index (χ2v) is 5.62. The molecular formula is C16H12ClN5O. The summed E-state index contributed by atoms with van der Waals surface area (Å²) in [6, 6.07) is 8.98. The second-order valence-electron chi connectivity index (χ2n) is 5.18. The van der Waals surface area contributed by atoms with Gasteiger partial charge in [-0.05, 0) is 30.3 Å². The van der Waals surface area contributed by atoms with Crippen molar-refractivity contribution < 1.29 is 4.79 Å². The van der Waals surface area contributed by atoms with Crippen molar-refractivity contribution in [1.82, 2.24) is 20.5 Å². The molecule has 0 aliphatic carbocycles. The van der Waals surface area contributed by atoms with Gasteiger partial charge < -0.3 is 10.6 Å². The lowest BCUT2D eigenvalue weighted by Gasteiger charge is -2.28. The van der Waals surface area contributed by atoms with Crippen LogP contribution in [0.1, 0.15) is 22.1 Å². The summed E-state index contributed by atoms with van der Waals surface area (Å²) in [6.07, 6.45) is 4.77. The first-order valence-corrected chi connectivity index (χ1v) is 7.41. The molecule has 7 heteroatoms. The van der Waals surface area contributed by atoms with Crippen LogP contribution in [0.3, 0.4) is 0 Å². The number of anilines is 1. The molecule has 0 unspecified atom stereocenters. The van der Waals surface area contributed by atoms with E-state index in [2.05, 4.69) is 25.8 Å². The number of nitrogens with one attached hydrogen (secondary N) is 3. The number of aromatic amines is 1. The smallest absolute Gasteiger partial charge is 0.255 e. The van der Waals surface area contributed by atoms with Gasteiger partial charge in [-0.3, -0.25) is 14.9 Å². The van der Waals surface area contributed by atoms with E-state index in [4.69, 9.17) is 11.6 Å². The van der Waals surface area contributed by atoms with Gasteiger partial charge in [0.15, 0.2) is 0 Å². The second kappa shape index (κ2) is 5.40. The lowest BCUT2D eigenvalue weighted by atomic mass is 10.0. The van der Waals surface area contributed by atoms with Gasteiger partial charge in [0.2, 0.25) is 0 Å². The van der Waals surface area contributed by atoms with Crippen LogP contribution in [0.5, 0.6) is 0 Å². The summed E-state index contributed by atoms with van der Waals surface area (Å²) in [6.45, 7) is 0. The number of carbonyl (C=O) groups excluding carboxylic acids is 1. The molecule has 23 heavy (non-hydrogen) atoms. The Morgan fingerprint density at radius 3 is 2.87 bits per heavy atom. The zero-order valence-electron chi connectivity index (χ0n) is 11.9. The number of fused-ring (bicyclic) bond motifs is 1. The van der Waals surface area contributed by atoms with Gasteiger partial charge in [0.25, 0.3) is 5.91 Å². The van der Waals surface area contributed by atoms with Crippen molar-refractivity contribution >= 4 is 23.2 Å². The van der Waals surface area contributed by atoms with Crippen LogP contribution in [0.25, 0.3) is 11.3 Å². The fraction of sp³-hybridized carbons (Fsp3) is 0.0625. The van der Waals surface area contributed by atoms with Crippen LogP contribution in [0.2, 0.25) is 5.02 Å². The van der Waals surface area contributed by atoms with Crippen molar-refractivity contribution in [3.8, 4) is 11.3 Å². The largest absolute Gasteiger partial charge is 0.361 e. The molecular weight excluding hydrogens is 314 g/mol. The summed E-state index contributed by atoms with van der Waals surface area (Å²) in [5, 5.41) is 13.8. The lowest BCUT2D eigenvalue weighted by Crippen LogP contribution is -2.38. The van der Waals surface area contributed by atoms with Gasteiger partial charge in [0, 0.05) is 34.2 Å². The average molecular weight is 326 g/mol. The molecule has 3 N–H and O–H groups in total. The maximum absolute atomic E-state index is 12.3. The molecule has 1 amide bonds. The van der Waals surface area contributed by atoms with E-state index >= 15 is 0 Å². The Labute approximate surface area is 136 Å². The quantitative estimate of drug-likeness (QED) is 0.676. The minimum atomic E-state index is -0.384. The Morgan fingerprint density at radius 1 is 1.13 bits per heavy atom. The highest BCUT2D eigenvalue weighted by Gasteiger charge is 2.27. The maximum atomic E-state index is 12.3. The maximum Gasteiger partial charge on any atom is 0.255 e. The van der Waals surface area contributed by atoms with Crippen LogP contribution in [0.15, 0.2) is 48.9 Å². The molecule has 1 aromatic carbocycles. The van der Waals surface area contributed by atoms with Crippen LogP contribution in [0.4, 0.5) is 5.69 Å². The summed E-state index contributed by atoms with van der Waals surface area (Å²) in [5.74, 6) is -0.176. The number of pyridine rings is 1. The molecule has 0 saturated heterocycles. The summed E-state index contributed by atoms with van der Waals surface area (Å²) < 4.78 is 0. The lowest BCUT2D eigenvalue weighted by molar-refractivity contribution is 0.0936. The number of rotatable bonds is 2. The van der Waals surface area contributed by atoms with E-state index in [9.17, 15) is 4.79 Å². The van der Waals surface area contributed by atoms with E-state index in [1.807, 2.05) is 12.1 Å². The molecule has 3 aromatic rings. The number of benzene rings is 1. The molecule has 1 atom stereocenters. The standard InChI is InChI=1S/C16H12ClN5O/c17-10-3-4-13-11(6-10)16(23)21-15(20-13)12-8-19-22-14(12)9-2-1-5-18-7-9/h1-8,15,20H,(H,19,22)(H,21,23)/t15-/m0/s1. The number of nitrogens with zero attached hydrogens (tertiary/aromatic N) is 2. The summed E-state index contributed by atoms with van der Waals surface area (Å²) in [7, 11) is 0. The Balaban J connectivity index is 1.73. The molecule has 4 rings (SSSR count). The van der Waals surface area contributed by atoms with Gasteiger partial charge in [0.05, 0.1) is 17.5 Å². The van der Waals surface area contributed by atoms with Crippen LogP contribution >= 0.6 is 11.6 Å². The van der Waals surface area contributed by atoms with E-state index in [-0.39, 0.29) is 12.1 Å². The Morgan fingerprint density at radius 2 is 2.04 bits per heavy atom. The van der Waals surface area contributed by atoms with E-state index < -0.39 is 0 Å². The van der Waals surface area contributed by atoms with Crippen molar-refractivity contribution in [3.05, 3.63) is 65.1 Å². The van der Waals surface area contributed by atoms with E-state index in [1.54, 1.807) is 36.8 Å². The average Bonchev–Trinajstić information content (AvgIpc) is 3.06. The zero-order chi connectivity index (χ0) is 15.8. The van der Waals surface area contributed by atoms with Crippen molar-refractivity contribution in [2.24, 2.45) is 0 Å². The summed E-state index contributed by atoms with van der Waals surface area (Å²) in [4.78, 5) is 16.5. The van der Waals surface area contributed by atoms with Gasteiger partial charge in [-0.2, -0.15) is 5.10 Å². The van der Waals surface area contributed by atoms with E-state index in [0.717, 1.165) is 22.5 Å². The fourth-order valence-corrected chi connectivity index (χ4v) is 2.81. The third-order valence-electron chi connectivity index (χ3n) is 3.73. The SMILES string of the molecule is O=C1N[C@@H](c2cn[nH]c2-c2cccnc2)Nc2ccc(Cl)cc21. The first kappa shape index (κ1) is 13.8. The molecule has 1 aliphatic heterocycles. The Bertz CT molecular complexity index is 877. The molecule has 114 valence electrons. The van der Waals surface area contributed by atoms with Crippen LogP contribution < -0.4 is 10.6 Å². The van der Waals surface area contributed by atoms with Gasteiger partial charge in [-0.1, -0.05) is 11.6 Å². The Hall–Kier alpha value is -2.86. The molecule has 3 heterocycles. The minimum Gasteiger partial charge on any atom is -0.361 e. The predicted octanol–water partition coefficient (Wildman–Crippen LogP) is 2.98. The first-order chi connectivity index (χ1) is 11.2. The number of aromatic nitrogens is 3. The zero-order valence-corrected chi connectivity index (χ0v) is 12.6. The van der Waals surface area contributed by atoms with Crippen LogP contribution in [-0.2, 0) is 0 Å². The van der Waals surface area contributed by atoms with E-state index in [0.29, 0.717) is 10.6 Å². The molecule has 0 saturated carbocycles. The third-order valence-corrected chi connectivity index (χ3v) is 3.97. The number of carbonyl (C=O) groups is 1. The molecule has 1 aliphatic rings. The van der Waals surface area contributed by atoms with Gasteiger partial charge >= 0.3 is 0 Å². The topological polar surface area (TPSA) is 82.7 Å². The first-order valence-electron chi connectivity index (χ1n) is 7.03. The number of hydrogen-bond donors (Lipinski definition) is 3. The molecule has 0 bridgehead atoms. The van der Waals surface area contributed by atoms with Crippen molar-refractivity contribution in [2.45, 2.75) is 6.17 Å². The van der Waals surface area contributed by atoms with E-state index in [1.165, 1.54) is 0 Å². The molecule has 0 fully saturated rings. The predicted molar refractivity (Wildman–Crippen MR) is 87.1 cm³/mol. The molecule has 2 aromatic heterocycles. The highest BCUT2D eigenvalue weighted by molar-refractivity contribution is 6.31. The molecule has 0 radical (unpaired) electrons. The summed E-state index contributed by atoms with van der Waals surface area (Å²) >= 11 is 5.95. The van der Waals surface area contributed by atoms with Crippen LogP contribution in [0, 0.1) is 0 Å². The highest BCUT2D eigenvalue weighted by atomic mass is 35.5. The third kappa shape index (κ3) is 2.43. The number of halogens is 1. The highest BCUT2D eigenvalue weighted by Crippen LogP contribution is 2.32. The minimum absolute atomic E-state index is 0.176. The van der Waals surface area contributed by atoms with Gasteiger partial charge in [-0.15, -0.1) is 0 Å². The number of amides is 1. The number of hydrogen-bond acceptors (Lipinski definition) is 4. The normalized spacial score (nSPS) is 16.4. The van der Waals surface area contributed by atoms with Crippen LogP contribution in [-0.4, -0.2) is 21.1 Å². The van der Waals surface area contributed by atoms with Crippen molar-refractivity contribution in [3.63, 3.8) is 0 Å². The monoisotopic (exact) mass is 325 g/mol.